The average Bonchev–Trinajstić information content (AvgIpc) is 3.08. The molecule has 0 spiro atoms. The van der Waals surface area contributed by atoms with E-state index in [1.165, 1.54) is 19.1 Å². The molecule has 3 aromatic rings. The van der Waals surface area contributed by atoms with Gasteiger partial charge in [-0.25, -0.2) is 0 Å². The monoisotopic (exact) mass is 339 g/mol. The highest BCUT2D eigenvalue weighted by Crippen LogP contribution is 2.39. The van der Waals surface area contributed by atoms with E-state index in [0.29, 0.717) is 15.0 Å². The van der Waals surface area contributed by atoms with Crippen molar-refractivity contribution in [3.63, 3.8) is 0 Å². The zero-order chi connectivity index (χ0) is 19.2. The van der Waals surface area contributed by atoms with Gasteiger partial charge in [-0.15, -0.1) is 11.3 Å². The Morgan fingerprint density at radius 2 is 2.22 bits per heavy atom. The summed E-state index contributed by atoms with van der Waals surface area (Å²) >= 11 is 1.05. The van der Waals surface area contributed by atoms with E-state index in [1.54, 1.807) is 0 Å². The van der Waals surface area contributed by atoms with Gasteiger partial charge in [0.1, 0.15) is 0 Å². The molecule has 2 heterocycles. The number of carboxylic acids is 1. The van der Waals surface area contributed by atoms with Crippen LogP contribution in [0, 0.1) is 11.9 Å². The number of aliphatic carboxylic acids is 1. The van der Waals surface area contributed by atoms with Gasteiger partial charge in [-0.3, -0.25) is 9.59 Å². The first kappa shape index (κ1) is 12.1. The molecule has 1 aromatic carbocycles. The average molecular weight is 339 g/mol. The SMILES string of the molecule is [2H]C([2H])([2H])Oc1cc2sc(C(=O)C[C@H](C)C(=O)O)cc2c2cc(F)oc12. The number of halogens is 1. The fourth-order valence-electron chi connectivity index (χ4n) is 2.33. The summed E-state index contributed by atoms with van der Waals surface area (Å²) in [5.74, 6) is -2.44. The second-order valence-electron chi connectivity index (χ2n) is 5.16. The van der Waals surface area contributed by atoms with Crippen molar-refractivity contribution in [2.75, 3.05) is 7.04 Å². The van der Waals surface area contributed by atoms with Gasteiger partial charge in [-0.05, 0) is 6.07 Å². The number of hydrogen-bond acceptors (Lipinski definition) is 5. The maximum atomic E-state index is 13.6. The number of benzene rings is 1. The largest absolute Gasteiger partial charge is 0.493 e. The van der Waals surface area contributed by atoms with Gasteiger partial charge < -0.3 is 14.3 Å². The topological polar surface area (TPSA) is 76.7 Å². The third kappa shape index (κ3) is 2.68. The van der Waals surface area contributed by atoms with Crippen molar-refractivity contribution in [2.24, 2.45) is 5.92 Å². The molecule has 1 atom stereocenters. The van der Waals surface area contributed by atoms with E-state index >= 15 is 0 Å². The van der Waals surface area contributed by atoms with E-state index < -0.39 is 24.9 Å². The van der Waals surface area contributed by atoms with Gasteiger partial charge in [0.05, 0.1) is 21.9 Å². The number of Topliss-reactive ketones (excluding diaryl/α,β-unsaturated/α-hetero) is 1. The summed E-state index contributed by atoms with van der Waals surface area (Å²) in [6, 6.07) is 3.06. The lowest BCUT2D eigenvalue weighted by atomic mass is 10.0. The molecule has 2 aromatic heterocycles. The van der Waals surface area contributed by atoms with E-state index in [1.807, 2.05) is 0 Å². The van der Waals surface area contributed by atoms with Crippen molar-refractivity contribution >= 4 is 44.1 Å². The normalized spacial score (nSPS) is 15.1. The Balaban J connectivity index is 2.10. The van der Waals surface area contributed by atoms with Gasteiger partial charge in [0.15, 0.2) is 17.1 Å². The van der Waals surface area contributed by atoms with Crippen LogP contribution in [0.4, 0.5) is 4.39 Å². The number of fused-ring (bicyclic) bond motifs is 3. The number of rotatable bonds is 5. The van der Waals surface area contributed by atoms with E-state index in [4.69, 9.17) is 18.4 Å². The van der Waals surface area contributed by atoms with Crippen molar-refractivity contribution < 1.29 is 32.4 Å². The molecule has 5 nitrogen and oxygen atoms in total. The third-order valence-electron chi connectivity index (χ3n) is 3.54. The maximum absolute atomic E-state index is 13.6. The summed E-state index contributed by atoms with van der Waals surface area (Å²) in [6.45, 7) is 1.43. The molecular weight excluding hydrogens is 323 g/mol. The molecule has 0 unspecified atom stereocenters. The molecular formula is C16H13FO5S. The highest BCUT2D eigenvalue weighted by Gasteiger charge is 2.21. The summed E-state index contributed by atoms with van der Waals surface area (Å²) in [5, 5.41) is 9.71. The Morgan fingerprint density at radius 1 is 1.43 bits per heavy atom. The first-order chi connectivity index (χ1) is 12.0. The summed E-state index contributed by atoms with van der Waals surface area (Å²) in [5.41, 5.74) is -0.0678. The van der Waals surface area contributed by atoms with Crippen molar-refractivity contribution in [1.82, 2.24) is 0 Å². The van der Waals surface area contributed by atoms with E-state index in [0.717, 1.165) is 17.4 Å². The van der Waals surface area contributed by atoms with Crippen LogP contribution in [0.1, 0.15) is 27.1 Å². The van der Waals surface area contributed by atoms with Crippen LogP contribution in [0.2, 0.25) is 0 Å². The fraction of sp³-hybridized carbons (Fsp3) is 0.250. The number of ketones is 1. The highest BCUT2D eigenvalue weighted by atomic mass is 32.1. The van der Waals surface area contributed by atoms with Crippen molar-refractivity contribution in [3.05, 3.63) is 29.1 Å². The second kappa shape index (κ2) is 5.66. The number of carboxylic acid groups (broad SMARTS) is 1. The van der Waals surface area contributed by atoms with Gasteiger partial charge in [0.25, 0.3) is 6.01 Å². The number of thiophene rings is 1. The van der Waals surface area contributed by atoms with Gasteiger partial charge in [0.2, 0.25) is 0 Å². The summed E-state index contributed by atoms with van der Waals surface area (Å²) in [7, 11) is -2.75. The molecule has 0 amide bonds. The quantitative estimate of drug-likeness (QED) is 0.709. The van der Waals surface area contributed by atoms with Crippen LogP contribution in [0.25, 0.3) is 21.1 Å². The smallest absolute Gasteiger partial charge is 0.306 e. The van der Waals surface area contributed by atoms with Crippen molar-refractivity contribution in [1.29, 1.82) is 0 Å². The van der Waals surface area contributed by atoms with Crippen LogP contribution in [0.3, 0.4) is 0 Å². The molecule has 0 aliphatic heterocycles. The van der Waals surface area contributed by atoms with Gasteiger partial charge >= 0.3 is 5.97 Å². The lowest BCUT2D eigenvalue weighted by Gasteiger charge is -2.02. The summed E-state index contributed by atoms with van der Waals surface area (Å²) in [6.07, 6.45) is -0.177. The van der Waals surface area contributed by atoms with Crippen LogP contribution in [0.15, 0.2) is 22.6 Å². The minimum absolute atomic E-state index is 0.0678. The molecule has 7 heteroatoms. The van der Waals surface area contributed by atoms with Crippen LogP contribution < -0.4 is 4.74 Å². The van der Waals surface area contributed by atoms with Gasteiger partial charge in [-0.2, -0.15) is 4.39 Å². The van der Waals surface area contributed by atoms with Gasteiger partial charge in [-0.1, -0.05) is 6.92 Å². The van der Waals surface area contributed by atoms with Crippen molar-refractivity contribution in [3.8, 4) is 5.75 Å². The van der Waals surface area contributed by atoms with Crippen molar-refractivity contribution in [2.45, 2.75) is 13.3 Å². The molecule has 0 bridgehead atoms. The molecule has 0 aliphatic rings. The van der Waals surface area contributed by atoms with Gasteiger partial charge in [0, 0.05) is 34.0 Å². The summed E-state index contributed by atoms with van der Waals surface area (Å²) < 4.78 is 45.6. The van der Waals surface area contributed by atoms with Crippen LogP contribution in [0.5, 0.6) is 5.75 Å². The lowest BCUT2D eigenvalue weighted by Crippen LogP contribution is -2.13. The first-order valence-corrected chi connectivity index (χ1v) is 7.47. The fourth-order valence-corrected chi connectivity index (χ4v) is 3.39. The van der Waals surface area contributed by atoms with E-state index in [9.17, 15) is 14.0 Å². The van der Waals surface area contributed by atoms with E-state index in [-0.39, 0.29) is 28.9 Å². The Bertz CT molecular complexity index is 1020. The Labute approximate surface area is 138 Å². The maximum Gasteiger partial charge on any atom is 0.306 e. The molecule has 0 saturated heterocycles. The Morgan fingerprint density at radius 3 is 2.91 bits per heavy atom. The predicted molar refractivity (Wildman–Crippen MR) is 83.9 cm³/mol. The number of hydrogen-bond donors (Lipinski definition) is 1. The number of furan rings is 1. The number of ether oxygens (including phenoxy) is 1. The molecule has 0 aliphatic carbocycles. The van der Waals surface area contributed by atoms with E-state index in [2.05, 4.69) is 0 Å². The first-order valence-electron chi connectivity index (χ1n) is 8.16. The molecule has 0 radical (unpaired) electrons. The molecule has 23 heavy (non-hydrogen) atoms. The third-order valence-corrected chi connectivity index (χ3v) is 4.66. The molecule has 120 valence electrons. The number of methoxy groups -OCH3 is 1. The zero-order valence-corrected chi connectivity index (χ0v) is 12.7. The molecule has 3 rings (SSSR count). The summed E-state index contributed by atoms with van der Waals surface area (Å²) in [4.78, 5) is 23.5. The lowest BCUT2D eigenvalue weighted by molar-refractivity contribution is -0.141. The number of carbonyl (C=O) groups excluding carboxylic acids is 1. The van der Waals surface area contributed by atoms with Crippen LogP contribution >= 0.6 is 11.3 Å². The second-order valence-corrected chi connectivity index (χ2v) is 6.24. The Hall–Kier alpha value is -2.41. The highest BCUT2D eigenvalue weighted by molar-refractivity contribution is 7.21. The zero-order valence-electron chi connectivity index (χ0n) is 14.9. The van der Waals surface area contributed by atoms with Crippen LogP contribution in [-0.2, 0) is 4.79 Å². The number of carbonyl (C=O) groups is 2. The minimum atomic E-state index is -2.75. The predicted octanol–water partition coefficient (Wildman–Crippen LogP) is 4.09. The standard InChI is InChI=1S/C16H13FO5S/c1-7(16(19)20)3-10(18)13-4-8-9-5-14(17)22-15(9)11(21-2)6-12(8)23-13/h4-7H,3H2,1-2H3,(H,19,20)/t7-/m0/s1/i2D3. The Kier molecular flexibility index (Phi) is 2.97. The molecule has 0 saturated carbocycles. The molecule has 1 N–H and O–H groups in total. The van der Waals surface area contributed by atoms with Crippen LogP contribution in [-0.4, -0.2) is 23.9 Å². The molecule has 0 fully saturated rings. The minimum Gasteiger partial charge on any atom is -0.493 e.